The summed E-state index contributed by atoms with van der Waals surface area (Å²) in [5, 5.41) is 10.4. The van der Waals surface area contributed by atoms with Crippen molar-refractivity contribution in [1.29, 1.82) is 0 Å². The van der Waals surface area contributed by atoms with Crippen LogP contribution >= 0.6 is 0 Å². The number of aromatic nitrogens is 1. The van der Waals surface area contributed by atoms with Crippen molar-refractivity contribution in [2.75, 3.05) is 0 Å². The molecule has 0 bridgehead atoms. The summed E-state index contributed by atoms with van der Waals surface area (Å²) >= 11 is 0. The number of nitro benzene ring substituents is 1. The molecule has 0 radical (unpaired) electrons. The molecule has 98 valence electrons. The first-order chi connectivity index (χ1) is 8.91. The van der Waals surface area contributed by atoms with E-state index in [1.165, 1.54) is 24.4 Å². The van der Waals surface area contributed by atoms with Crippen molar-refractivity contribution < 1.29 is 13.3 Å². The molecule has 0 saturated carbocycles. The van der Waals surface area contributed by atoms with Crippen molar-refractivity contribution in [2.24, 2.45) is 0 Å². The summed E-state index contributed by atoms with van der Waals surface area (Å²) in [6, 6.07) is 7.77. The predicted molar refractivity (Wildman–Crippen MR) is 67.5 cm³/mol. The van der Waals surface area contributed by atoms with Gasteiger partial charge >= 0.3 is 0 Å². The summed E-state index contributed by atoms with van der Waals surface area (Å²) < 4.78 is 24.4. The average molecular weight is 278 g/mol. The Kier molecular flexibility index (Phi) is 3.30. The van der Waals surface area contributed by atoms with E-state index in [0.717, 1.165) is 17.7 Å². The van der Waals surface area contributed by atoms with Crippen LogP contribution in [0, 0.1) is 17.0 Å². The van der Waals surface area contributed by atoms with E-state index in [1.54, 1.807) is 13.0 Å². The standard InChI is InChI=1S/C12H10N2O4S/c1-9-2-7-12(13-8-9)19(17,18)11-5-3-10(4-6-11)14(15)16/h2-8H,1H3. The Balaban J connectivity index is 2.44. The summed E-state index contributed by atoms with van der Waals surface area (Å²) in [5.41, 5.74) is 0.693. The third-order valence-electron chi connectivity index (χ3n) is 2.52. The van der Waals surface area contributed by atoms with E-state index >= 15 is 0 Å². The van der Waals surface area contributed by atoms with Gasteiger partial charge in [-0.2, -0.15) is 0 Å². The lowest BCUT2D eigenvalue weighted by molar-refractivity contribution is -0.384. The maximum absolute atomic E-state index is 12.2. The quantitative estimate of drug-likeness (QED) is 0.633. The second kappa shape index (κ2) is 4.77. The molecule has 0 spiro atoms. The molecule has 1 heterocycles. The van der Waals surface area contributed by atoms with Crippen LogP contribution in [0.25, 0.3) is 0 Å². The minimum Gasteiger partial charge on any atom is -0.258 e. The molecular formula is C12H10N2O4S. The molecule has 0 aliphatic rings. The molecule has 6 nitrogen and oxygen atoms in total. The van der Waals surface area contributed by atoms with Gasteiger partial charge in [0.2, 0.25) is 9.84 Å². The number of nitro groups is 1. The lowest BCUT2D eigenvalue weighted by atomic mass is 10.3. The van der Waals surface area contributed by atoms with Crippen LogP contribution in [-0.2, 0) is 9.84 Å². The number of non-ortho nitro benzene ring substituents is 1. The molecule has 19 heavy (non-hydrogen) atoms. The Bertz CT molecular complexity index is 706. The largest absolute Gasteiger partial charge is 0.269 e. The van der Waals surface area contributed by atoms with Gasteiger partial charge in [0, 0.05) is 18.3 Å². The third kappa shape index (κ3) is 2.60. The van der Waals surface area contributed by atoms with Crippen LogP contribution in [0.3, 0.4) is 0 Å². The normalized spacial score (nSPS) is 11.2. The average Bonchev–Trinajstić information content (AvgIpc) is 2.39. The van der Waals surface area contributed by atoms with Gasteiger partial charge in [-0.1, -0.05) is 6.07 Å². The zero-order chi connectivity index (χ0) is 14.0. The van der Waals surface area contributed by atoms with Gasteiger partial charge in [0.15, 0.2) is 5.03 Å². The van der Waals surface area contributed by atoms with Crippen LogP contribution in [0.5, 0.6) is 0 Å². The Morgan fingerprint density at radius 3 is 2.21 bits per heavy atom. The summed E-state index contributed by atoms with van der Waals surface area (Å²) in [4.78, 5) is 13.8. The van der Waals surface area contributed by atoms with Gasteiger partial charge in [-0.25, -0.2) is 13.4 Å². The van der Waals surface area contributed by atoms with E-state index in [0.29, 0.717) is 0 Å². The highest BCUT2D eigenvalue weighted by atomic mass is 32.2. The molecule has 0 aliphatic heterocycles. The monoisotopic (exact) mass is 278 g/mol. The Labute approximate surface area is 109 Å². The molecule has 2 rings (SSSR count). The third-order valence-corrected chi connectivity index (χ3v) is 4.20. The second-order valence-electron chi connectivity index (χ2n) is 3.93. The predicted octanol–water partition coefficient (Wildman–Crippen LogP) is 2.13. The lowest BCUT2D eigenvalue weighted by Gasteiger charge is -2.03. The number of aryl methyl sites for hydroxylation is 1. The Morgan fingerprint density at radius 1 is 1.11 bits per heavy atom. The number of sulfone groups is 1. The highest BCUT2D eigenvalue weighted by molar-refractivity contribution is 7.91. The maximum atomic E-state index is 12.2. The smallest absolute Gasteiger partial charge is 0.258 e. The van der Waals surface area contributed by atoms with Crippen molar-refractivity contribution in [3.8, 4) is 0 Å². The van der Waals surface area contributed by atoms with Gasteiger partial charge in [-0.15, -0.1) is 0 Å². The van der Waals surface area contributed by atoms with Crippen molar-refractivity contribution in [1.82, 2.24) is 4.98 Å². The summed E-state index contributed by atoms with van der Waals surface area (Å²) in [6.45, 7) is 1.80. The highest BCUT2D eigenvalue weighted by Crippen LogP contribution is 2.21. The number of pyridine rings is 1. The molecule has 0 aliphatic carbocycles. The lowest BCUT2D eigenvalue weighted by Crippen LogP contribution is -2.04. The van der Waals surface area contributed by atoms with Crippen molar-refractivity contribution >= 4 is 15.5 Å². The van der Waals surface area contributed by atoms with E-state index in [4.69, 9.17) is 0 Å². The van der Waals surface area contributed by atoms with Crippen molar-refractivity contribution in [3.05, 3.63) is 58.3 Å². The topological polar surface area (TPSA) is 90.2 Å². The molecule has 7 heteroatoms. The second-order valence-corrected chi connectivity index (χ2v) is 5.82. The number of hydrogen-bond acceptors (Lipinski definition) is 5. The number of rotatable bonds is 3. The first-order valence-electron chi connectivity index (χ1n) is 5.33. The van der Waals surface area contributed by atoms with Gasteiger partial charge in [0.05, 0.1) is 9.82 Å². The molecule has 0 unspecified atom stereocenters. The van der Waals surface area contributed by atoms with Crippen LogP contribution in [-0.4, -0.2) is 18.3 Å². The van der Waals surface area contributed by atoms with E-state index in [2.05, 4.69) is 4.98 Å². The van der Waals surface area contributed by atoms with E-state index < -0.39 is 14.8 Å². The van der Waals surface area contributed by atoms with Crippen molar-refractivity contribution in [3.63, 3.8) is 0 Å². The van der Waals surface area contributed by atoms with Crippen molar-refractivity contribution in [2.45, 2.75) is 16.8 Å². The Morgan fingerprint density at radius 2 is 1.74 bits per heavy atom. The Hall–Kier alpha value is -2.28. The van der Waals surface area contributed by atoms with Gasteiger partial charge < -0.3 is 0 Å². The first-order valence-corrected chi connectivity index (χ1v) is 6.82. The zero-order valence-corrected chi connectivity index (χ0v) is 10.8. The minimum absolute atomic E-state index is 0.0190. The number of benzene rings is 1. The first kappa shape index (κ1) is 13.2. The molecule has 0 saturated heterocycles. The molecule has 0 fully saturated rings. The van der Waals surface area contributed by atoms with Gasteiger partial charge in [0.25, 0.3) is 5.69 Å². The number of hydrogen-bond donors (Lipinski definition) is 0. The molecule has 2 aromatic rings. The van der Waals surface area contributed by atoms with E-state index in [1.807, 2.05) is 0 Å². The SMILES string of the molecule is Cc1ccc(S(=O)(=O)c2ccc([N+](=O)[O-])cc2)nc1. The van der Waals surface area contributed by atoms with Gasteiger partial charge in [-0.3, -0.25) is 10.1 Å². The fourth-order valence-corrected chi connectivity index (χ4v) is 2.66. The number of nitrogens with zero attached hydrogens (tertiary/aromatic N) is 2. The van der Waals surface area contributed by atoms with Crippen LogP contribution in [0.1, 0.15) is 5.56 Å². The molecule has 0 amide bonds. The van der Waals surface area contributed by atoms with Crippen LogP contribution in [0.4, 0.5) is 5.69 Å². The highest BCUT2D eigenvalue weighted by Gasteiger charge is 2.19. The summed E-state index contributed by atoms with van der Waals surface area (Å²) in [6.07, 6.45) is 1.46. The molecule has 0 atom stereocenters. The fourth-order valence-electron chi connectivity index (χ4n) is 1.48. The van der Waals surface area contributed by atoms with E-state index in [-0.39, 0.29) is 15.6 Å². The van der Waals surface area contributed by atoms with E-state index in [9.17, 15) is 18.5 Å². The van der Waals surface area contributed by atoms with Crippen LogP contribution < -0.4 is 0 Å². The van der Waals surface area contributed by atoms with Crippen LogP contribution in [0.2, 0.25) is 0 Å². The fraction of sp³-hybridized carbons (Fsp3) is 0.0833. The summed E-state index contributed by atoms with van der Waals surface area (Å²) in [5.74, 6) is 0. The molecule has 1 aromatic carbocycles. The van der Waals surface area contributed by atoms with Gasteiger partial charge in [0.1, 0.15) is 0 Å². The molecule has 0 N–H and O–H groups in total. The minimum atomic E-state index is -3.73. The van der Waals surface area contributed by atoms with Gasteiger partial charge in [-0.05, 0) is 30.7 Å². The zero-order valence-electron chi connectivity index (χ0n) is 9.98. The van der Waals surface area contributed by atoms with Crippen LogP contribution in [0.15, 0.2) is 52.5 Å². The maximum Gasteiger partial charge on any atom is 0.269 e. The molecular weight excluding hydrogens is 268 g/mol. The molecule has 1 aromatic heterocycles. The summed E-state index contributed by atoms with van der Waals surface area (Å²) in [7, 11) is -3.73.